The lowest BCUT2D eigenvalue weighted by atomic mass is 9.76. The fourth-order valence-electron chi connectivity index (χ4n) is 5.53. The second-order valence-electron chi connectivity index (χ2n) is 10.4. The summed E-state index contributed by atoms with van der Waals surface area (Å²) in [4.78, 5) is 18.5. The van der Waals surface area contributed by atoms with Gasteiger partial charge < -0.3 is 14.4 Å². The average molecular weight is 440 g/mol. The van der Waals surface area contributed by atoms with E-state index in [2.05, 4.69) is 75.2 Å². The Hall–Kier alpha value is -1.02. The number of anilines is 1. The second-order valence-corrected chi connectivity index (χ2v) is 10.8. The highest BCUT2D eigenvalue weighted by Crippen LogP contribution is 2.48. The van der Waals surface area contributed by atoms with E-state index in [4.69, 9.17) is 26.1 Å². The lowest BCUT2D eigenvalue weighted by Crippen LogP contribution is -2.66. The lowest BCUT2D eigenvalue weighted by molar-refractivity contribution is -0.198. The monoisotopic (exact) mass is 439 g/mol. The molecule has 0 aromatic carbocycles. The van der Waals surface area contributed by atoms with Gasteiger partial charge in [0.05, 0.1) is 13.2 Å². The molecule has 0 unspecified atom stereocenters. The first kappa shape index (κ1) is 23.6. The number of aromatic nitrogens is 3. The van der Waals surface area contributed by atoms with Crippen molar-refractivity contribution in [1.82, 2.24) is 19.9 Å². The maximum absolute atomic E-state index is 6.36. The second kappa shape index (κ2) is 8.49. The van der Waals surface area contributed by atoms with Gasteiger partial charge in [-0.15, -0.1) is 0 Å². The molecule has 170 valence electrons. The van der Waals surface area contributed by atoms with E-state index in [0.717, 1.165) is 31.6 Å². The highest BCUT2D eigenvalue weighted by molar-refractivity contribution is 6.28. The van der Waals surface area contributed by atoms with Crippen LogP contribution in [0.5, 0.6) is 0 Å². The molecule has 2 fully saturated rings. The highest BCUT2D eigenvalue weighted by Gasteiger charge is 2.56. The lowest BCUT2D eigenvalue weighted by Gasteiger charge is -2.57. The summed E-state index contributed by atoms with van der Waals surface area (Å²) in [5.41, 5.74) is -0.536. The minimum atomic E-state index is -0.530. The van der Waals surface area contributed by atoms with Crippen LogP contribution in [0.4, 0.5) is 5.95 Å². The van der Waals surface area contributed by atoms with Crippen LogP contribution in [0, 0.1) is 0 Å². The van der Waals surface area contributed by atoms with Gasteiger partial charge in [0.2, 0.25) is 11.2 Å². The first-order chi connectivity index (χ1) is 13.9. The Morgan fingerprint density at radius 1 is 0.933 bits per heavy atom. The molecular formula is C22H38ClN5O2. The van der Waals surface area contributed by atoms with Crippen molar-refractivity contribution in [2.45, 2.75) is 104 Å². The van der Waals surface area contributed by atoms with Crippen molar-refractivity contribution < 1.29 is 9.47 Å². The van der Waals surface area contributed by atoms with E-state index in [0.29, 0.717) is 31.2 Å². The molecule has 0 saturated carbocycles. The molecular weight excluding hydrogens is 402 g/mol. The van der Waals surface area contributed by atoms with Crippen molar-refractivity contribution >= 4 is 17.5 Å². The first-order valence-electron chi connectivity index (χ1n) is 11.1. The Labute approximate surface area is 186 Å². The van der Waals surface area contributed by atoms with Gasteiger partial charge in [-0.25, -0.2) is 4.98 Å². The van der Waals surface area contributed by atoms with Crippen LogP contribution < -0.4 is 4.90 Å². The largest absolute Gasteiger partial charge is 0.347 e. The van der Waals surface area contributed by atoms with Crippen molar-refractivity contribution in [2.75, 3.05) is 24.7 Å². The summed E-state index contributed by atoms with van der Waals surface area (Å²) >= 11 is 6.36. The van der Waals surface area contributed by atoms with Crippen LogP contribution in [0.15, 0.2) is 0 Å². The molecule has 30 heavy (non-hydrogen) atoms. The minimum Gasteiger partial charge on any atom is -0.347 e. The van der Waals surface area contributed by atoms with Gasteiger partial charge in [0, 0.05) is 49.0 Å². The molecule has 0 aliphatic carbocycles. The van der Waals surface area contributed by atoms with Crippen LogP contribution in [0.25, 0.3) is 0 Å². The van der Waals surface area contributed by atoms with E-state index < -0.39 is 5.79 Å². The Bertz CT molecular complexity index is 719. The predicted octanol–water partition coefficient (Wildman–Crippen LogP) is 4.09. The molecule has 1 aromatic heterocycles. The van der Waals surface area contributed by atoms with Gasteiger partial charge in [-0.2, -0.15) is 9.97 Å². The third-order valence-corrected chi connectivity index (χ3v) is 6.36. The maximum Gasteiger partial charge on any atom is 0.230 e. The van der Waals surface area contributed by atoms with Crippen LogP contribution in [-0.4, -0.2) is 68.6 Å². The molecule has 2 saturated heterocycles. The van der Waals surface area contributed by atoms with Gasteiger partial charge in [-0.3, -0.25) is 4.90 Å². The molecule has 0 atom stereocenters. The van der Waals surface area contributed by atoms with Gasteiger partial charge in [0.25, 0.3) is 0 Å². The van der Waals surface area contributed by atoms with Crippen molar-refractivity contribution in [3.8, 4) is 0 Å². The third-order valence-electron chi connectivity index (χ3n) is 6.19. The number of rotatable bonds is 6. The summed E-state index contributed by atoms with van der Waals surface area (Å²) < 4.78 is 12.1. The third kappa shape index (κ3) is 4.90. The molecule has 0 amide bonds. The van der Waals surface area contributed by atoms with Gasteiger partial charge in [-0.05, 0) is 67.0 Å². The van der Waals surface area contributed by atoms with Crippen LogP contribution in [0.2, 0.25) is 5.28 Å². The van der Waals surface area contributed by atoms with E-state index in [9.17, 15) is 0 Å². The zero-order valence-corrected chi connectivity index (χ0v) is 20.6. The number of ether oxygens (including phenoxy) is 2. The van der Waals surface area contributed by atoms with E-state index in [1.54, 1.807) is 0 Å². The predicted molar refractivity (Wildman–Crippen MR) is 120 cm³/mol. The van der Waals surface area contributed by atoms with Crippen LogP contribution in [0.3, 0.4) is 0 Å². The van der Waals surface area contributed by atoms with E-state index in [-0.39, 0.29) is 16.4 Å². The molecule has 1 spiro atoms. The SMILES string of the molecule is CC(C)N(CCc1nc(Cl)nc(N2C(C)(C)CC3(CC2(C)C)OCCO3)n1)C(C)C. The summed E-state index contributed by atoms with van der Waals surface area (Å²) in [6.45, 7) is 19.8. The summed E-state index contributed by atoms with van der Waals surface area (Å²) in [5, 5.41) is 0.246. The Morgan fingerprint density at radius 2 is 1.47 bits per heavy atom. The Morgan fingerprint density at radius 3 is 1.97 bits per heavy atom. The number of hydrogen-bond donors (Lipinski definition) is 0. The molecule has 2 aliphatic heterocycles. The summed E-state index contributed by atoms with van der Waals surface area (Å²) in [5.74, 6) is 0.836. The number of piperidine rings is 1. The van der Waals surface area contributed by atoms with Gasteiger partial charge in [0.15, 0.2) is 5.79 Å². The van der Waals surface area contributed by atoms with E-state index in [1.807, 2.05) is 0 Å². The van der Waals surface area contributed by atoms with E-state index in [1.165, 1.54) is 0 Å². The number of nitrogens with zero attached hydrogens (tertiary/aromatic N) is 5. The molecule has 0 N–H and O–H groups in total. The van der Waals surface area contributed by atoms with E-state index >= 15 is 0 Å². The first-order valence-corrected chi connectivity index (χ1v) is 11.5. The van der Waals surface area contributed by atoms with Crippen LogP contribution >= 0.6 is 11.6 Å². The average Bonchev–Trinajstić information content (AvgIpc) is 2.98. The molecule has 0 bridgehead atoms. The molecule has 0 radical (unpaired) electrons. The minimum absolute atomic E-state index is 0.246. The zero-order valence-electron chi connectivity index (χ0n) is 19.8. The van der Waals surface area contributed by atoms with Crippen molar-refractivity contribution in [3.05, 3.63) is 11.1 Å². The smallest absolute Gasteiger partial charge is 0.230 e. The number of halogens is 1. The zero-order chi connectivity index (χ0) is 22.3. The van der Waals surface area contributed by atoms with Crippen molar-refractivity contribution in [3.63, 3.8) is 0 Å². The fourth-order valence-corrected chi connectivity index (χ4v) is 5.71. The molecule has 8 heteroatoms. The Kier molecular flexibility index (Phi) is 6.69. The maximum atomic E-state index is 6.36. The molecule has 3 heterocycles. The van der Waals surface area contributed by atoms with Gasteiger partial charge in [-0.1, -0.05) is 0 Å². The summed E-state index contributed by atoms with van der Waals surface area (Å²) in [7, 11) is 0. The highest BCUT2D eigenvalue weighted by atomic mass is 35.5. The Balaban J connectivity index is 1.87. The molecule has 7 nitrogen and oxygen atoms in total. The van der Waals surface area contributed by atoms with Crippen LogP contribution in [0.1, 0.15) is 74.1 Å². The number of hydrogen-bond acceptors (Lipinski definition) is 7. The quantitative estimate of drug-likeness (QED) is 0.661. The molecule has 3 rings (SSSR count). The van der Waals surface area contributed by atoms with Gasteiger partial charge in [0.1, 0.15) is 5.82 Å². The molecule has 1 aromatic rings. The fraction of sp³-hybridized carbons (Fsp3) is 0.864. The topological polar surface area (TPSA) is 63.6 Å². The van der Waals surface area contributed by atoms with Crippen molar-refractivity contribution in [1.29, 1.82) is 0 Å². The molecule has 2 aliphatic rings. The van der Waals surface area contributed by atoms with Gasteiger partial charge >= 0.3 is 0 Å². The van der Waals surface area contributed by atoms with Crippen LogP contribution in [-0.2, 0) is 15.9 Å². The van der Waals surface area contributed by atoms with Crippen molar-refractivity contribution in [2.24, 2.45) is 0 Å². The summed E-state index contributed by atoms with van der Waals surface area (Å²) in [6.07, 6.45) is 2.23. The normalized spacial score (nSPS) is 22.6. The standard InChI is InChI=1S/C22H38ClN5O2/c1-15(2)27(16(3)4)10-9-17-24-18(23)26-19(25-17)28-20(5,6)13-22(14-21(28,7)8)29-11-12-30-22/h15-16H,9-14H2,1-8H3. The summed E-state index contributed by atoms with van der Waals surface area (Å²) in [6, 6.07) is 0.925.